The highest BCUT2D eigenvalue weighted by Gasteiger charge is 2.44. The van der Waals surface area contributed by atoms with Crippen molar-refractivity contribution < 1.29 is 4.79 Å². The Morgan fingerprint density at radius 2 is 1.81 bits per heavy atom. The van der Waals surface area contributed by atoms with Gasteiger partial charge in [-0.3, -0.25) is 9.78 Å². The Labute approximate surface area is 192 Å². The topological polar surface area (TPSA) is 83.9 Å². The predicted octanol–water partition coefficient (Wildman–Crippen LogP) is 4.31. The Hall–Kier alpha value is -3.06. The Morgan fingerprint density at radius 1 is 1.06 bits per heavy atom. The van der Waals surface area contributed by atoms with Gasteiger partial charge in [0, 0.05) is 37.4 Å². The molecule has 8 heteroatoms. The van der Waals surface area contributed by atoms with Crippen LogP contribution in [0, 0.1) is 19.8 Å². The summed E-state index contributed by atoms with van der Waals surface area (Å²) in [4.78, 5) is 33.4. The number of amides is 1. The first-order chi connectivity index (χ1) is 15.5. The van der Waals surface area contributed by atoms with Crippen molar-refractivity contribution in [3.63, 3.8) is 0 Å². The molecule has 1 saturated carbocycles. The highest BCUT2D eigenvalue weighted by molar-refractivity contribution is 6.33. The summed E-state index contributed by atoms with van der Waals surface area (Å²) in [5, 5.41) is 4.12. The van der Waals surface area contributed by atoms with Crippen molar-refractivity contribution in [1.29, 1.82) is 0 Å². The molecular weight excluding hydrogens is 424 g/mol. The summed E-state index contributed by atoms with van der Waals surface area (Å²) < 4.78 is 0. The summed E-state index contributed by atoms with van der Waals surface area (Å²) in [6, 6.07) is 5.76. The molecule has 2 aliphatic heterocycles. The van der Waals surface area contributed by atoms with E-state index >= 15 is 0 Å². The molecule has 3 fully saturated rings. The van der Waals surface area contributed by atoms with Gasteiger partial charge in [-0.15, -0.1) is 0 Å². The van der Waals surface area contributed by atoms with Gasteiger partial charge in [-0.2, -0.15) is 0 Å². The van der Waals surface area contributed by atoms with Crippen LogP contribution in [-0.2, 0) is 0 Å². The molecule has 2 bridgehead atoms. The van der Waals surface area contributed by atoms with E-state index in [-0.39, 0.29) is 18.0 Å². The second kappa shape index (κ2) is 8.47. The fourth-order valence-electron chi connectivity index (χ4n) is 4.88. The maximum Gasteiger partial charge on any atom is 0.273 e. The maximum absolute atomic E-state index is 13.7. The van der Waals surface area contributed by atoms with Gasteiger partial charge in [0.2, 0.25) is 0 Å². The zero-order valence-corrected chi connectivity index (χ0v) is 18.9. The monoisotopic (exact) mass is 448 g/mol. The number of piperidine rings is 2. The van der Waals surface area contributed by atoms with Gasteiger partial charge in [-0.25, -0.2) is 15.0 Å². The molecule has 2 saturated heterocycles. The van der Waals surface area contributed by atoms with Crippen molar-refractivity contribution in [3.05, 3.63) is 64.8 Å². The van der Waals surface area contributed by atoms with E-state index < -0.39 is 0 Å². The summed E-state index contributed by atoms with van der Waals surface area (Å²) >= 11 is 6.42. The van der Waals surface area contributed by atoms with E-state index in [1.807, 2.05) is 30.9 Å². The number of fused-ring (bicyclic) bond motifs is 3. The minimum absolute atomic E-state index is 0.0549. The Balaban J connectivity index is 1.45. The van der Waals surface area contributed by atoms with Crippen molar-refractivity contribution in [2.45, 2.75) is 45.2 Å². The molecule has 0 radical (unpaired) electrons. The van der Waals surface area contributed by atoms with Crippen molar-refractivity contribution in [3.8, 4) is 11.4 Å². The number of hydrogen-bond acceptors (Lipinski definition) is 6. The SMILES string of the molecule is Cc1cnc(NC2CC3CCC2N(C(=O)c2ncc(C)cc2-c2ncccn2)C3)c(Cl)c1. The molecule has 3 aromatic rings. The Bertz CT molecular complexity index is 1150. The van der Waals surface area contributed by atoms with Gasteiger partial charge in [-0.05, 0) is 68.4 Å². The van der Waals surface area contributed by atoms with Crippen LogP contribution < -0.4 is 5.32 Å². The smallest absolute Gasteiger partial charge is 0.273 e. The molecule has 3 atom stereocenters. The van der Waals surface area contributed by atoms with Crippen molar-refractivity contribution >= 4 is 23.3 Å². The van der Waals surface area contributed by atoms with Gasteiger partial charge in [-0.1, -0.05) is 11.6 Å². The number of nitrogens with zero attached hydrogens (tertiary/aromatic N) is 5. The second-order valence-corrected chi connectivity index (χ2v) is 9.19. The largest absolute Gasteiger partial charge is 0.364 e. The quantitative estimate of drug-likeness (QED) is 0.640. The molecule has 6 rings (SSSR count). The first-order valence-electron chi connectivity index (χ1n) is 10.9. The minimum atomic E-state index is -0.0726. The van der Waals surface area contributed by atoms with Crippen LogP contribution in [0.2, 0.25) is 5.02 Å². The van der Waals surface area contributed by atoms with Crippen LogP contribution in [0.1, 0.15) is 40.9 Å². The highest BCUT2D eigenvalue weighted by Crippen LogP contribution is 2.38. The predicted molar refractivity (Wildman–Crippen MR) is 124 cm³/mol. The van der Waals surface area contributed by atoms with Gasteiger partial charge < -0.3 is 10.2 Å². The van der Waals surface area contributed by atoms with Gasteiger partial charge in [0.1, 0.15) is 11.5 Å². The van der Waals surface area contributed by atoms with Crippen LogP contribution in [-0.4, -0.2) is 49.4 Å². The number of carbonyl (C=O) groups excluding carboxylic acids is 1. The number of nitrogens with one attached hydrogen (secondary N) is 1. The van der Waals surface area contributed by atoms with Crippen molar-refractivity contribution in [2.75, 3.05) is 11.9 Å². The van der Waals surface area contributed by atoms with E-state index in [1.165, 1.54) is 0 Å². The van der Waals surface area contributed by atoms with E-state index in [9.17, 15) is 4.79 Å². The molecule has 7 nitrogen and oxygen atoms in total. The molecule has 5 heterocycles. The Morgan fingerprint density at radius 3 is 2.56 bits per heavy atom. The summed E-state index contributed by atoms with van der Waals surface area (Å²) in [6.07, 6.45) is 9.96. The van der Waals surface area contributed by atoms with Gasteiger partial charge in [0.25, 0.3) is 5.91 Å². The summed E-state index contributed by atoms with van der Waals surface area (Å²) in [5.74, 6) is 1.55. The number of anilines is 1. The van der Waals surface area contributed by atoms with Gasteiger partial charge in [0.05, 0.1) is 16.6 Å². The number of pyridine rings is 2. The van der Waals surface area contributed by atoms with Crippen molar-refractivity contribution in [1.82, 2.24) is 24.8 Å². The van der Waals surface area contributed by atoms with Crippen LogP contribution in [0.4, 0.5) is 5.82 Å². The van der Waals surface area contributed by atoms with Crippen LogP contribution in [0.15, 0.2) is 43.0 Å². The first kappa shape index (κ1) is 20.8. The number of aromatic nitrogens is 4. The lowest BCUT2D eigenvalue weighted by atomic mass is 9.76. The molecule has 1 N–H and O–H groups in total. The zero-order chi connectivity index (χ0) is 22.2. The van der Waals surface area contributed by atoms with E-state index in [1.54, 1.807) is 30.9 Å². The van der Waals surface area contributed by atoms with Gasteiger partial charge in [0.15, 0.2) is 5.82 Å². The normalized spacial score (nSPS) is 22.1. The molecule has 3 aromatic heterocycles. The molecule has 0 aromatic carbocycles. The molecular formula is C24H25ClN6O. The average Bonchev–Trinajstić information content (AvgIpc) is 2.81. The fraction of sp³-hybridized carbons (Fsp3) is 0.375. The standard InChI is InChI=1S/C24H25ClN6O/c1-14-8-17(22-26-6-3-7-27-22)21(28-11-14)24(32)31-13-16-4-5-20(31)19(10-16)30-23-18(25)9-15(2)12-29-23/h3,6-9,11-12,16,19-20H,4-5,10,13H2,1-2H3,(H,29,30). The lowest BCUT2D eigenvalue weighted by Crippen LogP contribution is -2.60. The summed E-state index contributed by atoms with van der Waals surface area (Å²) in [5.41, 5.74) is 3.05. The molecule has 0 spiro atoms. The van der Waals surface area contributed by atoms with Crippen LogP contribution in [0.25, 0.3) is 11.4 Å². The molecule has 32 heavy (non-hydrogen) atoms. The fourth-order valence-corrected chi connectivity index (χ4v) is 5.16. The van der Waals surface area contributed by atoms with Crippen LogP contribution >= 0.6 is 11.6 Å². The zero-order valence-electron chi connectivity index (χ0n) is 18.1. The highest BCUT2D eigenvalue weighted by atomic mass is 35.5. The number of halogens is 1. The molecule has 3 aliphatic rings. The third kappa shape index (κ3) is 3.93. The average molecular weight is 449 g/mol. The van der Waals surface area contributed by atoms with E-state index in [2.05, 4.69) is 25.3 Å². The lowest BCUT2D eigenvalue weighted by molar-refractivity contribution is 0.0277. The Kier molecular flexibility index (Phi) is 5.51. The van der Waals surface area contributed by atoms with Crippen LogP contribution in [0.5, 0.6) is 0 Å². The van der Waals surface area contributed by atoms with Crippen molar-refractivity contribution in [2.24, 2.45) is 5.92 Å². The second-order valence-electron chi connectivity index (χ2n) is 8.78. The van der Waals surface area contributed by atoms with Gasteiger partial charge >= 0.3 is 0 Å². The number of aryl methyl sites for hydroxylation is 2. The van der Waals surface area contributed by atoms with E-state index in [4.69, 9.17) is 11.6 Å². The molecule has 3 unspecified atom stereocenters. The van der Waals surface area contributed by atoms with Crippen LogP contribution in [0.3, 0.4) is 0 Å². The molecule has 164 valence electrons. The lowest BCUT2D eigenvalue weighted by Gasteiger charge is -2.50. The van der Waals surface area contributed by atoms with E-state index in [0.717, 1.165) is 36.9 Å². The first-order valence-corrected chi connectivity index (χ1v) is 11.3. The number of hydrogen-bond donors (Lipinski definition) is 1. The van der Waals surface area contributed by atoms with E-state index in [0.29, 0.717) is 33.8 Å². The third-order valence-electron chi connectivity index (χ3n) is 6.37. The number of carbonyl (C=O) groups is 1. The molecule has 1 aliphatic carbocycles. The number of rotatable bonds is 4. The summed E-state index contributed by atoms with van der Waals surface area (Å²) in [7, 11) is 0. The maximum atomic E-state index is 13.7. The molecule has 1 amide bonds. The minimum Gasteiger partial charge on any atom is -0.364 e. The third-order valence-corrected chi connectivity index (χ3v) is 6.66. The summed E-state index contributed by atoms with van der Waals surface area (Å²) in [6.45, 7) is 4.66.